The maximum atomic E-state index is 9.33. The van der Waals surface area contributed by atoms with E-state index in [4.69, 9.17) is 34.8 Å². The van der Waals surface area contributed by atoms with Crippen molar-refractivity contribution in [3.8, 4) is 0 Å². The first-order chi connectivity index (χ1) is 8.10. The van der Waals surface area contributed by atoms with E-state index < -0.39 is 0 Å². The molecule has 1 rings (SSSR count). The molecule has 0 saturated carbocycles. The molecule has 0 fully saturated rings. The number of rotatable bonds is 6. The molecule has 1 nitrogen and oxygen atoms in total. The molecule has 0 aliphatic rings. The summed E-state index contributed by atoms with van der Waals surface area (Å²) >= 11 is 18.0. The summed E-state index contributed by atoms with van der Waals surface area (Å²) in [5.74, 6) is 0.240. The van der Waals surface area contributed by atoms with E-state index in [-0.39, 0.29) is 12.5 Å². The normalized spacial score (nSPS) is 12.8. The fourth-order valence-electron chi connectivity index (χ4n) is 1.79. The SMILES string of the molecule is CCCCC(CO)Cc1ccc(Cl)c(Cl)c1Cl. The number of aliphatic hydroxyl groups excluding tert-OH is 1. The lowest BCUT2D eigenvalue weighted by Crippen LogP contribution is -2.10. The van der Waals surface area contributed by atoms with E-state index in [1.807, 2.05) is 6.07 Å². The van der Waals surface area contributed by atoms with Crippen molar-refractivity contribution in [3.05, 3.63) is 32.8 Å². The van der Waals surface area contributed by atoms with Gasteiger partial charge in [0.15, 0.2) is 0 Å². The van der Waals surface area contributed by atoms with Gasteiger partial charge in [-0.25, -0.2) is 0 Å². The number of unbranched alkanes of at least 4 members (excludes halogenated alkanes) is 1. The van der Waals surface area contributed by atoms with Crippen molar-refractivity contribution in [3.63, 3.8) is 0 Å². The second kappa shape index (κ2) is 7.48. The Kier molecular flexibility index (Phi) is 6.65. The van der Waals surface area contributed by atoms with Crippen LogP contribution < -0.4 is 0 Å². The molecule has 0 aliphatic carbocycles. The molecule has 1 aromatic rings. The number of hydrogen-bond acceptors (Lipinski definition) is 1. The first-order valence-corrected chi connectivity index (χ1v) is 6.96. The molecule has 0 saturated heterocycles. The second-order valence-corrected chi connectivity index (χ2v) is 5.39. The van der Waals surface area contributed by atoms with Crippen molar-refractivity contribution in [1.29, 1.82) is 0 Å². The second-order valence-electron chi connectivity index (χ2n) is 4.23. The van der Waals surface area contributed by atoms with Crippen LogP contribution in [0.25, 0.3) is 0 Å². The molecular formula is C13H17Cl3O. The summed E-state index contributed by atoms with van der Waals surface area (Å²) in [6.07, 6.45) is 3.99. The molecule has 0 spiro atoms. The molecule has 1 aromatic carbocycles. The molecule has 0 heterocycles. The summed E-state index contributed by atoms with van der Waals surface area (Å²) in [6.45, 7) is 2.32. The number of aliphatic hydroxyl groups is 1. The first-order valence-electron chi connectivity index (χ1n) is 5.83. The van der Waals surface area contributed by atoms with Gasteiger partial charge in [0, 0.05) is 6.61 Å². The van der Waals surface area contributed by atoms with Crippen molar-refractivity contribution in [2.75, 3.05) is 6.61 Å². The zero-order chi connectivity index (χ0) is 12.8. The third-order valence-corrected chi connectivity index (χ3v) is 4.18. The van der Waals surface area contributed by atoms with Crippen LogP contribution in [0, 0.1) is 5.92 Å². The van der Waals surface area contributed by atoms with E-state index in [0.29, 0.717) is 15.1 Å². The van der Waals surface area contributed by atoms with Gasteiger partial charge in [-0.1, -0.05) is 60.6 Å². The Hall–Kier alpha value is 0.0500. The highest BCUT2D eigenvalue weighted by molar-refractivity contribution is 6.48. The Morgan fingerprint density at radius 2 is 1.88 bits per heavy atom. The topological polar surface area (TPSA) is 20.2 Å². The molecule has 0 bridgehead atoms. The molecule has 96 valence electrons. The van der Waals surface area contributed by atoms with E-state index in [1.165, 1.54) is 0 Å². The van der Waals surface area contributed by atoms with Crippen molar-refractivity contribution >= 4 is 34.8 Å². The van der Waals surface area contributed by atoms with Crippen LogP contribution >= 0.6 is 34.8 Å². The highest BCUT2D eigenvalue weighted by Crippen LogP contribution is 2.34. The average Bonchev–Trinajstić information content (AvgIpc) is 2.34. The minimum Gasteiger partial charge on any atom is -0.396 e. The van der Waals surface area contributed by atoms with Crippen LogP contribution in [0.1, 0.15) is 31.7 Å². The van der Waals surface area contributed by atoms with Crippen molar-refractivity contribution < 1.29 is 5.11 Å². The van der Waals surface area contributed by atoms with Gasteiger partial charge in [-0.3, -0.25) is 0 Å². The lowest BCUT2D eigenvalue weighted by molar-refractivity contribution is 0.215. The van der Waals surface area contributed by atoms with Crippen LogP contribution in [0.4, 0.5) is 0 Å². The van der Waals surface area contributed by atoms with E-state index in [0.717, 1.165) is 31.2 Å². The quantitative estimate of drug-likeness (QED) is 0.733. The summed E-state index contributed by atoms with van der Waals surface area (Å²) in [5.41, 5.74) is 0.955. The predicted molar refractivity (Wildman–Crippen MR) is 75.3 cm³/mol. The minimum absolute atomic E-state index is 0.177. The zero-order valence-electron chi connectivity index (χ0n) is 9.85. The van der Waals surface area contributed by atoms with E-state index in [1.54, 1.807) is 6.07 Å². The zero-order valence-corrected chi connectivity index (χ0v) is 12.1. The van der Waals surface area contributed by atoms with E-state index >= 15 is 0 Å². The molecule has 17 heavy (non-hydrogen) atoms. The van der Waals surface area contributed by atoms with Gasteiger partial charge in [0.2, 0.25) is 0 Å². The van der Waals surface area contributed by atoms with Crippen LogP contribution in [0.15, 0.2) is 12.1 Å². The van der Waals surface area contributed by atoms with E-state index in [2.05, 4.69) is 6.92 Å². The Morgan fingerprint density at radius 3 is 2.47 bits per heavy atom. The smallest absolute Gasteiger partial charge is 0.0781 e. The fourth-order valence-corrected chi connectivity index (χ4v) is 2.42. The Morgan fingerprint density at radius 1 is 1.18 bits per heavy atom. The molecule has 0 aliphatic heterocycles. The summed E-state index contributed by atoms with van der Waals surface area (Å²) in [7, 11) is 0. The number of hydrogen-bond donors (Lipinski definition) is 1. The van der Waals surface area contributed by atoms with Gasteiger partial charge in [-0.15, -0.1) is 0 Å². The van der Waals surface area contributed by atoms with Gasteiger partial charge in [-0.2, -0.15) is 0 Å². The van der Waals surface area contributed by atoms with Gasteiger partial charge in [0.25, 0.3) is 0 Å². The van der Waals surface area contributed by atoms with Crippen molar-refractivity contribution in [1.82, 2.24) is 0 Å². The Labute approximate surface area is 118 Å². The molecule has 1 unspecified atom stereocenters. The highest BCUT2D eigenvalue weighted by Gasteiger charge is 2.13. The average molecular weight is 296 g/mol. The van der Waals surface area contributed by atoms with Gasteiger partial charge in [-0.05, 0) is 30.4 Å². The lowest BCUT2D eigenvalue weighted by Gasteiger charge is -2.15. The maximum absolute atomic E-state index is 9.33. The summed E-state index contributed by atoms with van der Waals surface area (Å²) in [4.78, 5) is 0. The molecule has 0 radical (unpaired) electrons. The lowest BCUT2D eigenvalue weighted by atomic mass is 9.95. The number of benzene rings is 1. The molecule has 0 aromatic heterocycles. The maximum Gasteiger partial charge on any atom is 0.0781 e. The Balaban J connectivity index is 2.76. The Bertz CT molecular complexity index is 366. The van der Waals surface area contributed by atoms with Crippen LogP contribution in [-0.2, 0) is 6.42 Å². The van der Waals surface area contributed by atoms with Gasteiger partial charge in [0.1, 0.15) is 0 Å². The van der Waals surface area contributed by atoms with Crippen LogP contribution in [0.3, 0.4) is 0 Å². The molecule has 1 atom stereocenters. The van der Waals surface area contributed by atoms with Crippen molar-refractivity contribution in [2.45, 2.75) is 32.6 Å². The highest BCUT2D eigenvalue weighted by atomic mass is 35.5. The summed E-state index contributed by atoms with van der Waals surface area (Å²) in [5, 5.41) is 10.7. The van der Waals surface area contributed by atoms with Crippen LogP contribution in [0.5, 0.6) is 0 Å². The standard InChI is InChI=1S/C13H17Cl3O/c1-2-3-4-9(8-17)7-10-5-6-11(14)13(16)12(10)15/h5-6,9,17H,2-4,7-8H2,1H3. The summed E-state index contributed by atoms with van der Waals surface area (Å²) in [6, 6.07) is 3.63. The third kappa shape index (κ3) is 4.33. The van der Waals surface area contributed by atoms with Crippen molar-refractivity contribution in [2.24, 2.45) is 5.92 Å². The number of halogens is 3. The predicted octanol–water partition coefficient (Wildman–Crippen LogP) is 4.99. The molecule has 4 heteroatoms. The molecular weight excluding hydrogens is 279 g/mol. The first kappa shape index (κ1) is 15.1. The summed E-state index contributed by atoms with van der Waals surface area (Å²) < 4.78 is 0. The fraction of sp³-hybridized carbons (Fsp3) is 0.538. The van der Waals surface area contributed by atoms with Gasteiger partial charge in [0.05, 0.1) is 15.1 Å². The van der Waals surface area contributed by atoms with E-state index in [9.17, 15) is 5.11 Å². The largest absolute Gasteiger partial charge is 0.396 e. The van der Waals surface area contributed by atoms with Crippen LogP contribution in [-0.4, -0.2) is 11.7 Å². The van der Waals surface area contributed by atoms with Gasteiger partial charge < -0.3 is 5.11 Å². The molecule has 1 N–H and O–H groups in total. The third-order valence-electron chi connectivity index (χ3n) is 2.85. The van der Waals surface area contributed by atoms with Crippen LogP contribution in [0.2, 0.25) is 15.1 Å². The minimum atomic E-state index is 0.177. The molecule has 0 amide bonds. The van der Waals surface area contributed by atoms with Gasteiger partial charge >= 0.3 is 0 Å². The monoisotopic (exact) mass is 294 g/mol.